The highest BCUT2D eigenvalue weighted by Gasteiger charge is 2.33. The first-order valence-electron chi connectivity index (χ1n) is 10.3. The molecule has 0 bridgehead atoms. The van der Waals surface area contributed by atoms with Crippen molar-refractivity contribution in [1.29, 1.82) is 0 Å². The van der Waals surface area contributed by atoms with E-state index in [1.807, 2.05) is 0 Å². The zero-order valence-corrected chi connectivity index (χ0v) is 16.4. The lowest BCUT2D eigenvalue weighted by atomic mass is 9.94. The number of hydrogen-bond acceptors (Lipinski definition) is 3. The molecule has 2 aliphatic heterocycles. The van der Waals surface area contributed by atoms with Crippen molar-refractivity contribution in [2.75, 3.05) is 13.1 Å². The highest BCUT2D eigenvalue weighted by atomic mass is 35.5. The van der Waals surface area contributed by atoms with E-state index in [0.29, 0.717) is 0 Å². The van der Waals surface area contributed by atoms with E-state index in [1.54, 1.807) is 0 Å². The zero-order valence-electron chi connectivity index (χ0n) is 15.7. The van der Waals surface area contributed by atoms with Gasteiger partial charge in [-0.3, -0.25) is 0 Å². The van der Waals surface area contributed by atoms with Gasteiger partial charge in [-0.05, 0) is 63.1 Å². The van der Waals surface area contributed by atoms with E-state index in [-0.39, 0.29) is 5.50 Å². The first-order valence-corrected chi connectivity index (χ1v) is 10.7. The molecule has 1 atom stereocenters. The topological polar surface area (TPSA) is 41.9 Å². The second-order valence-electron chi connectivity index (χ2n) is 7.99. The van der Waals surface area contributed by atoms with Gasteiger partial charge < -0.3 is 15.2 Å². The lowest BCUT2D eigenvalue weighted by Crippen LogP contribution is -2.28. The molecule has 27 heavy (non-hydrogen) atoms. The normalized spacial score (nSPS) is 22.5. The minimum Gasteiger partial charge on any atom is -0.367 e. The number of halogens is 1. The average Bonchev–Trinajstić information content (AvgIpc) is 3.32. The maximum atomic E-state index is 6.71. The van der Waals surface area contributed by atoms with Gasteiger partial charge >= 0.3 is 0 Å². The smallest absolute Gasteiger partial charge is 0.146 e. The van der Waals surface area contributed by atoms with Gasteiger partial charge in [-0.15, -0.1) is 0 Å². The van der Waals surface area contributed by atoms with Gasteiger partial charge in [0.05, 0.1) is 5.69 Å². The van der Waals surface area contributed by atoms with Gasteiger partial charge in [-0.2, -0.15) is 0 Å². The van der Waals surface area contributed by atoms with Crippen LogP contribution in [-0.4, -0.2) is 22.6 Å². The van der Waals surface area contributed by atoms with Crippen molar-refractivity contribution in [1.82, 2.24) is 20.2 Å². The average molecular weight is 383 g/mol. The lowest BCUT2D eigenvalue weighted by molar-refractivity contribution is 0.338. The number of fused-ring (bicyclic) bond motifs is 2. The van der Waals surface area contributed by atoms with Crippen molar-refractivity contribution in [3.63, 3.8) is 0 Å². The van der Waals surface area contributed by atoms with Crippen molar-refractivity contribution in [2.24, 2.45) is 5.92 Å². The van der Waals surface area contributed by atoms with Crippen LogP contribution in [0.2, 0.25) is 0 Å². The molecule has 1 aliphatic carbocycles. The first-order chi connectivity index (χ1) is 13.3. The van der Waals surface area contributed by atoms with Crippen molar-refractivity contribution >= 4 is 17.2 Å². The largest absolute Gasteiger partial charge is 0.367 e. The minimum atomic E-state index is -0.223. The van der Waals surface area contributed by atoms with Crippen molar-refractivity contribution in [3.05, 3.63) is 47.4 Å². The molecule has 5 heteroatoms. The summed E-state index contributed by atoms with van der Waals surface area (Å²) in [7, 11) is 0. The van der Waals surface area contributed by atoms with Crippen LogP contribution in [0, 0.1) is 5.92 Å². The maximum absolute atomic E-state index is 6.71. The molecule has 0 saturated carbocycles. The molecule has 1 saturated heterocycles. The Kier molecular flexibility index (Phi) is 4.70. The molecule has 4 nitrogen and oxygen atoms in total. The number of hydrogen-bond donors (Lipinski definition) is 2. The minimum absolute atomic E-state index is 0.223. The molecule has 2 aromatic rings. The third-order valence-corrected chi connectivity index (χ3v) is 6.61. The molecule has 2 N–H and O–H groups in total. The first kappa shape index (κ1) is 17.3. The Morgan fingerprint density at radius 3 is 2.74 bits per heavy atom. The van der Waals surface area contributed by atoms with Gasteiger partial charge in [0.2, 0.25) is 0 Å². The molecule has 1 fully saturated rings. The number of allylic oxidation sites excluding steroid dienone is 2. The summed E-state index contributed by atoms with van der Waals surface area (Å²) in [5.41, 5.74) is 6.06. The fraction of sp³-hybridized carbons (Fsp3) is 0.500. The van der Waals surface area contributed by atoms with Crippen molar-refractivity contribution in [3.8, 4) is 11.4 Å². The van der Waals surface area contributed by atoms with E-state index >= 15 is 0 Å². The van der Waals surface area contributed by atoms with Crippen LogP contribution >= 0.6 is 11.6 Å². The second kappa shape index (κ2) is 7.33. The van der Waals surface area contributed by atoms with Crippen LogP contribution in [0.3, 0.4) is 0 Å². The molecule has 3 heterocycles. The van der Waals surface area contributed by atoms with Crippen LogP contribution < -0.4 is 10.6 Å². The predicted octanol–water partition coefficient (Wildman–Crippen LogP) is 4.68. The summed E-state index contributed by atoms with van der Waals surface area (Å²) in [4.78, 5) is 5.05. The van der Waals surface area contributed by atoms with Crippen LogP contribution in [0.15, 0.2) is 36.0 Å². The van der Waals surface area contributed by atoms with Crippen LogP contribution in [-0.2, 0) is 6.54 Å². The van der Waals surface area contributed by atoms with Crippen LogP contribution in [0.1, 0.15) is 55.4 Å². The number of aromatic nitrogens is 2. The Bertz CT molecular complexity index is 849. The Hall–Kier alpha value is -1.78. The third kappa shape index (κ3) is 3.19. The molecule has 0 radical (unpaired) electrons. The molecule has 1 aromatic heterocycles. The number of alkyl halides is 1. The van der Waals surface area contributed by atoms with E-state index in [0.717, 1.165) is 49.9 Å². The molecular weight excluding hydrogens is 356 g/mol. The van der Waals surface area contributed by atoms with Gasteiger partial charge in [0.1, 0.15) is 17.0 Å². The maximum Gasteiger partial charge on any atom is 0.146 e. The molecule has 1 aromatic carbocycles. The zero-order chi connectivity index (χ0) is 18.2. The summed E-state index contributed by atoms with van der Waals surface area (Å²) in [6, 6.07) is 10.6. The molecule has 3 aliphatic rings. The molecule has 0 spiro atoms. The molecular formula is C22H27ClN4. The molecule has 1 unspecified atom stereocenters. The number of rotatable bonds is 4. The summed E-state index contributed by atoms with van der Waals surface area (Å²) in [5.74, 6) is 1.88. The summed E-state index contributed by atoms with van der Waals surface area (Å²) >= 11 is 6.71. The van der Waals surface area contributed by atoms with Crippen molar-refractivity contribution in [2.45, 2.75) is 50.6 Å². The number of benzene rings is 1. The van der Waals surface area contributed by atoms with E-state index in [2.05, 4.69) is 45.5 Å². The monoisotopic (exact) mass is 382 g/mol. The Morgan fingerprint density at radius 2 is 1.93 bits per heavy atom. The summed E-state index contributed by atoms with van der Waals surface area (Å²) in [5, 5.41) is 6.97. The summed E-state index contributed by atoms with van der Waals surface area (Å²) in [6.07, 6.45) is 7.23. The fourth-order valence-corrected chi connectivity index (χ4v) is 5.14. The van der Waals surface area contributed by atoms with Gasteiger partial charge in [-0.1, -0.05) is 41.9 Å². The van der Waals surface area contributed by atoms with Gasteiger partial charge in [0.25, 0.3) is 0 Å². The SMILES string of the molecule is ClC1NC2=C(CCC2)c2c1nc(-c1ccccc1)n2CCC1CCNCC1. The van der Waals surface area contributed by atoms with E-state index in [4.69, 9.17) is 16.6 Å². The molecule has 0 amide bonds. The number of nitrogens with one attached hydrogen (secondary N) is 2. The van der Waals surface area contributed by atoms with E-state index in [9.17, 15) is 0 Å². The number of nitrogens with zero attached hydrogens (tertiary/aromatic N) is 2. The molecule has 5 rings (SSSR count). The van der Waals surface area contributed by atoms with Crippen LogP contribution in [0.25, 0.3) is 17.0 Å². The Balaban J connectivity index is 1.56. The third-order valence-electron chi connectivity index (χ3n) is 6.29. The Labute approximate surface area is 166 Å². The summed E-state index contributed by atoms with van der Waals surface area (Å²) < 4.78 is 2.48. The Morgan fingerprint density at radius 1 is 1.11 bits per heavy atom. The number of imidazole rings is 1. The van der Waals surface area contributed by atoms with Gasteiger partial charge in [0.15, 0.2) is 0 Å². The fourth-order valence-electron chi connectivity index (χ4n) is 4.86. The second-order valence-corrected chi connectivity index (χ2v) is 8.42. The number of piperidine rings is 1. The highest BCUT2D eigenvalue weighted by molar-refractivity contribution is 6.21. The summed E-state index contributed by atoms with van der Waals surface area (Å²) in [6.45, 7) is 3.33. The lowest BCUT2D eigenvalue weighted by Gasteiger charge is -2.25. The van der Waals surface area contributed by atoms with E-state index < -0.39 is 0 Å². The van der Waals surface area contributed by atoms with Gasteiger partial charge in [0, 0.05) is 17.8 Å². The molecule has 142 valence electrons. The van der Waals surface area contributed by atoms with Crippen LogP contribution in [0.4, 0.5) is 0 Å². The van der Waals surface area contributed by atoms with Crippen LogP contribution in [0.5, 0.6) is 0 Å². The van der Waals surface area contributed by atoms with Gasteiger partial charge in [-0.25, -0.2) is 4.98 Å². The quantitative estimate of drug-likeness (QED) is 0.596. The van der Waals surface area contributed by atoms with E-state index in [1.165, 1.54) is 48.2 Å². The predicted molar refractivity (Wildman–Crippen MR) is 110 cm³/mol. The standard InChI is InChI=1S/C22H27ClN4/c23-21-19-20(17-7-4-8-18(17)25-21)27(14-11-15-9-12-24-13-10-15)22(26-19)16-5-2-1-3-6-16/h1-3,5-6,15,21,24-25H,4,7-14H2. The highest BCUT2D eigenvalue weighted by Crippen LogP contribution is 2.43. The van der Waals surface area contributed by atoms with Crippen molar-refractivity contribution < 1.29 is 0 Å².